The minimum absolute atomic E-state index is 0.181. The number of nitrogens with one attached hydrogen (secondary N) is 1. The predicted octanol–water partition coefficient (Wildman–Crippen LogP) is 3.80. The molecule has 0 spiro atoms. The topological polar surface area (TPSA) is 47.6 Å². The van der Waals surface area contributed by atoms with Gasteiger partial charge in [0.2, 0.25) is 5.91 Å². The highest BCUT2D eigenvalue weighted by atomic mass is 19.1. The van der Waals surface area contributed by atoms with E-state index in [2.05, 4.69) is 5.32 Å². The van der Waals surface area contributed by atoms with Crippen molar-refractivity contribution >= 4 is 11.6 Å². The van der Waals surface area contributed by atoms with Crippen molar-refractivity contribution in [3.63, 3.8) is 0 Å². The Labute approximate surface area is 135 Å². The van der Waals surface area contributed by atoms with Gasteiger partial charge < -0.3 is 14.8 Å². The zero-order valence-electron chi connectivity index (χ0n) is 13.3. The molecule has 5 heteroatoms. The minimum atomic E-state index is -0.289. The minimum Gasteiger partial charge on any atom is -0.493 e. The number of ether oxygens (including phenoxy) is 2. The van der Waals surface area contributed by atoms with E-state index in [0.29, 0.717) is 35.8 Å². The van der Waals surface area contributed by atoms with Gasteiger partial charge >= 0.3 is 0 Å². The second-order valence-electron chi connectivity index (χ2n) is 4.94. The van der Waals surface area contributed by atoms with Crippen molar-refractivity contribution in [3.8, 4) is 11.5 Å². The lowest BCUT2D eigenvalue weighted by Gasteiger charge is -2.12. The molecule has 4 nitrogen and oxygen atoms in total. The summed E-state index contributed by atoms with van der Waals surface area (Å²) < 4.78 is 24.2. The van der Waals surface area contributed by atoms with Crippen LogP contribution < -0.4 is 14.8 Å². The maximum Gasteiger partial charge on any atom is 0.224 e. The Morgan fingerprint density at radius 3 is 2.65 bits per heavy atom. The standard InChI is InChI=1S/C18H20FNO3/c1-3-23-16-10-9-14(12-17(16)22-2)20-18(21)11-8-13-6-4-5-7-15(13)19/h4-7,9-10,12H,3,8,11H2,1-2H3,(H,20,21). The van der Waals surface area contributed by atoms with Crippen molar-refractivity contribution in [2.24, 2.45) is 0 Å². The summed E-state index contributed by atoms with van der Waals surface area (Å²) in [6.45, 7) is 2.42. The second-order valence-corrected chi connectivity index (χ2v) is 4.94. The molecule has 0 aliphatic heterocycles. The van der Waals surface area contributed by atoms with E-state index in [0.717, 1.165) is 0 Å². The molecule has 2 rings (SSSR count). The maximum atomic E-state index is 13.5. The molecule has 2 aromatic carbocycles. The molecule has 23 heavy (non-hydrogen) atoms. The van der Waals surface area contributed by atoms with Crippen LogP contribution in [0.1, 0.15) is 18.9 Å². The summed E-state index contributed by atoms with van der Waals surface area (Å²) in [5.41, 5.74) is 1.15. The average molecular weight is 317 g/mol. The highest BCUT2D eigenvalue weighted by molar-refractivity contribution is 5.91. The number of methoxy groups -OCH3 is 1. The van der Waals surface area contributed by atoms with Crippen molar-refractivity contribution in [3.05, 3.63) is 53.8 Å². The molecule has 1 amide bonds. The van der Waals surface area contributed by atoms with Gasteiger partial charge in [-0.25, -0.2) is 4.39 Å². The molecular weight excluding hydrogens is 297 g/mol. The van der Waals surface area contributed by atoms with Crippen LogP contribution >= 0.6 is 0 Å². The van der Waals surface area contributed by atoms with Gasteiger partial charge in [0.25, 0.3) is 0 Å². The Bertz CT molecular complexity index is 673. The average Bonchev–Trinajstić information content (AvgIpc) is 2.55. The molecule has 0 bridgehead atoms. The van der Waals surface area contributed by atoms with Crippen LogP contribution in [0.15, 0.2) is 42.5 Å². The van der Waals surface area contributed by atoms with E-state index in [4.69, 9.17) is 9.47 Å². The van der Waals surface area contributed by atoms with Crippen LogP contribution in [0.2, 0.25) is 0 Å². The van der Waals surface area contributed by atoms with E-state index >= 15 is 0 Å². The van der Waals surface area contributed by atoms with E-state index in [-0.39, 0.29) is 18.1 Å². The molecular formula is C18H20FNO3. The largest absolute Gasteiger partial charge is 0.493 e. The van der Waals surface area contributed by atoms with E-state index in [1.54, 1.807) is 43.5 Å². The molecule has 0 saturated carbocycles. The van der Waals surface area contributed by atoms with Gasteiger partial charge in [0.1, 0.15) is 5.82 Å². The first-order valence-electron chi connectivity index (χ1n) is 7.48. The van der Waals surface area contributed by atoms with Crippen molar-refractivity contribution < 1.29 is 18.7 Å². The molecule has 1 N–H and O–H groups in total. The number of anilines is 1. The fraction of sp³-hybridized carbons (Fsp3) is 0.278. The summed E-state index contributed by atoms with van der Waals surface area (Å²) in [5.74, 6) is 0.709. The van der Waals surface area contributed by atoms with E-state index < -0.39 is 0 Å². The predicted molar refractivity (Wildman–Crippen MR) is 87.5 cm³/mol. The summed E-state index contributed by atoms with van der Waals surface area (Å²) in [5, 5.41) is 2.78. The monoisotopic (exact) mass is 317 g/mol. The smallest absolute Gasteiger partial charge is 0.224 e. The first kappa shape index (κ1) is 16.8. The normalized spacial score (nSPS) is 10.2. The third-order valence-corrected chi connectivity index (χ3v) is 3.33. The van der Waals surface area contributed by atoms with Crippen LogP contribution in [-0.4, -0.2) is 19.6 Å². The highest BCUT2D eigenvalue weighted by Crippen LogP contribution is 2.30. The molecule has 0 aliphatic carbocycles. The molecule has 122 valence electrons. The van der Waals surface area contributed by atoms with Gasteiger partial charge in [-0.2, -0.15) is 0 Å². The number of amides is 1. The zero-order valence-corrected chi connectivity index (χ0v) is 13.3. The second kappa shape index (κ2) is 8.17. The summed E-state index contributed by atoms with van der Waals surface area (Å²) in [6.07, 6.45) is 0.559. The van der Waals surface area contributed by atoms with E-state index in [9.17, 15) is 9.18 Å². The first-order chi connectivity index (χ1) is 11.1. The molecule has 0 aromatic heterocycles. The molecule has 0 saturated heterocycles. The third kappa shape index (κ3) is 4.71. The highest BCUT2D eigenvalue weighted by Gasteiger charge is 2.09. The molecule has 0 aliphatic rings. The number of carbonyl (C=O) groups is 1. The number of hydrogen-bond donors (Lipinski definition) is 1. The van der Waals surface area contributed by atoms with Gasteiger partial charge in [-0.3, -0.25) is 4.79 Å². The van der Waals surface area contributed by atoms with Crippen LogP contribution in [-0.2, 0) is 11.2 Å². The van der Waals surface area contributed by atoms with Gasteiger partial charge in [-0.15, -0.1) is 0 Å². The molecule has 0 heterocycles. The fourth-order valence-corrected chi connectivity index (χ4v) is 2.19. The number of benzene rings is 2. The quantitative estimate of drug-likeness (QED) is 0.845. The van der Waals surface area contributed by atoms with Crippen molar-refractivity contribution in [1.29, 1.82) is 0 Å². The van der Waals surface area contributed by atoms with Gasteiger partial charge in [0.05, 0.1) is 13.7 Å². The molecule has 0 atom stereocenters. The fourth-order valence-electron chi connectivity index (χ4n) is 2.19. The summed E-state index contributed by atoms with van der Waals surface area (Å²) >= 11 is 0. The Balaban J connectivity index is 1.96. The molecule has 0 radical (unpaired) electrons. The molecule has 0 fully saturated rings. The number of hydrogen-bond acceptors (Lipinski definition) is 3. The van der Waals surface area contributed by atoms with E-state index in [1.165, 1.54) is 6.07 Å². The molecule has 0 unspecified atom stereocenters. The summed E-state index contributed by atoms with van der Waals surface area (Å²) in [4.78, 5) is 12.0. The molecule has 2 aromatic rings. The first-order valence-corrected chi connectivity index (χ1v) is 7.48. The lowest BCUT2D eigenvalue weighted by Crippen LogP contribution is -2.12. The van der Waals surface area contributed by atoms with Crippen LogP contribution in [0.25, 0.3) is 0 Å². The number of rotatable bonds is 7. The summed E-state index contributed by atoms with van der Waals surface area (Å²) in [6, 6.07) is 11.7. The van der Waals surface area contributed by atoms with Gasteiger partial charge in [0.15, 0.2) is 11.5 Å². The van der Waals surface area contributed by atoms with Crippen LogP contribution in [0.5, 0.6) is 11.5 Å². The van der Waals surface area contributed by atoms with Crippen molar-refractivity contribution in [2.75, 3.05) is 19.0 Å². The number of aryl methyl sites for hydroxylation is 1. The Hall–Kier alpha value is -2.56. The van der Waals surface area contributed by atoms with Crippen LogP contribution in [0, 0.1) is 5.82 Å². The lowest BCUT2D eigenvalue weighted by molar-refractivity contribution is -0.116. The Kier molecular flexibility index (Phi) is 5.97. The van der Waals surface area contributed by atoms with E-state index in [1.807, 2.05) is 6.92 Å². The van der Waals surface area contributed by atoms with Gasteiger partial charge in [-0.1, -0.05) is 18.2 Å². The Morgan fingerprint density at radius 2 is 1.96 bits per heavy atom. The van der Waals surface area contributed by atoms with Crippen LogP contribution in [0.3, 0.4) is 0 Å². The summed E-state index contributed by atoms with van der Waals surface area (Å²) in [7, 11) is 1.54. The Morgan fingerprint density at radius 1 is 1.17 bits per heavy atom. The van der Waals surface area contributed by atoms with Crippen molar-refractivity contribution in [1.82, 2.24) is 0 Å². The lowest BCUT2D eigenvalue weighted by atomic mass is 10.1. The zero-order chi connectivity index (χ0) is 16.7. The maximum absolute atomic E-state index is 13.5. The van der Waals surface area contributed by atoms with Gasteiger partial charge in [0, 0.05) is 18.2 Å². The van der Waals surface area contributed by atoms with Crippen LogP contribution in [0.4, 0.5) is 10.1 Å². The number of halogens is 1. The number of carbonyl (C=O) groups excluding carboxylic acids is 1. The SMILES string of the molecule is CCOc1ccc(NC(=O)CCc2ccccc2F)cc1OC. The van der Waals surface area contributed by atoms with Crippen molar-refractivity contribution in [2.45, 2.75) is 19.8 Å². The third-order valence-electron chi connectivity index (χ3n) is 3.33. The van der Waals surface area contributed by atoms with Gasteiger partial charge in [-0.05, 0) is 37.1 Å².